The number of hydrogen-bond acceptors (Lipinski definition) is 2. The third-order valence-corrected chi connectivity index (χ3v) is 6.30. The highest BCUT2D eigenvalue weighted by Gasteiger charge is 2.20. The molecule has 0 saturated carbocycles. The van der Waals surface area contributed by atoms with Crippen molar-refractivity contribution >= 4 is 50.5 Å². The van der Waals surface area contributed by atoms with E-state index in [2.05, 4.69) is 114 Å². The molecule has 0 spiro atoms. The second kappa shape index (κ2) is 9.28. The van der Waals surface area contributed by atoms with Crippen LogP contribution in [-0.2, 0) is 0 Å². The number of hydrogen-bond donors (Lipinski definition) is 0. The third kappa shape index (κ3) is 3.96. The number of para-hydroxylation sites is 3. The van der Waals surface area contributed by atoms with E-state index < -0.39 is 0 Å². The summed E-state index contributed by atoms with van der Waals surface area (Å²) in [7, 11) is 0. The van der Waals surface area contributed by atoms with Crippen LogP contribution in [0.4, 0.5) is 22.7 Å². The highest BCUT2D eigenvalue weighted by Crippen LogP contribution is 2.44. The number of anilines is 3. The van der Waals surface area contributed by atoms with Crippen LogP contribution in [0.25, 0.3) is 21.5 Å². The average molecular weight is 449 g/mol. The summed E-state index contributed by atoms with van der Waals surface area (Å²) < 4.78 is 0. The molecule has 35 heavy (non-hydrogen) atoms. The zero-order valence-corrected chi connectivity index (χ0v) is 19.3. The second-order valence-corrected chi connectivity index (χ2v) is 8.45. The van der Waals surface area contributed by atoms with Gasteiger partial charge in [0, 0.05) is 33.9 Å². The summed E-state index contributed by atoms with van der Waals surface area (Å²) in [5.41, 5.74) is 5.50. The molecular weight excluding hydrogens is 424 g/mol. The van der Waals surface area contributed by atoms with Gasteiger partial charge in [-0.1, -0.05) is 103 Å². The fourth-order valence-corrected chi connectivity index (χ4v) is 4.73. The molecule has 0 aliphatic rings. The average Bonchev–Trinajstić information content (AvgIpc) is 2.94. The minimum Gasteiger partial charge on any atom is -0.309 e. The Bertz CT molecular complexity index is 1530. The largest absolute Gasteiger partial charge is 0.309 e. The van der Waals surface area contributed by atoms with Gasteiger partial charge in [-0.25, -0.2) is 0 Å². The van der Waals surface area contributed by atoms with Crippen molar-refractivity contribution < 1.29 is 0 Å². The fraction of sp³-hybridized carbons (Fsp3) is 0. The van der Waals surface area contributed by atoms with E-state index in [4.69, 9.17) is 4.99 Å². The van der Waals surface area contributed by atoms with Crippen LogP contribution in [0.5, 0.6) is 0 Å². The summed E-state index contributed by atoms with van der Waals surface area (Å²) in [5, 5.41) is 4.73. The maximum absolute atomic E-state index is 4.83. The molecular formula is C33H24N2. The van der Waals surface area contributed by atoms with Gasteiger partial charge in [0.15, 0.2) is 0 Å². The van der Waals surface area contributed by atoms with Crippen LogP contribution in [0.1, 0.15) is 5.56 Å². The predicted octanol–water partition coefficient (Wildman–Crippen LogP) is 9.21. The molecule has 6 aromatic rings. The molecule has 0 radical (unpaired) electrons. The van der Waals surface area contributed by atoms with Gasteiger partial charge in [0.1, 0.15) is 0 Å². The summed E-state index contributed by atoms with van der Waals surface area (Å²) in [6.07, 6.45) is 2.01. The summed E-state index contributed by atoms with van der Waals surface area (Å²) in [5.74, 6) is 0. The lowest BCUT2D eigenvalue weighted by atomic mass is 9.94. The van der Waals surface area contributed by atoms with Gasteiger partial charge in [-0.3, -0.25) is 4.99 Å². The standard InChI is InChI=1S/C33H24N2/c1-4-14-25(15-5-1)34-24-32-28-20-10-12-22-30(28)33(31-23-13-11-21-29(31)32)35(26-16-6-2-7-17-26)27-18-8-3-9-19-27/h1-24H. The molecule has 0 aliphatic heterocycles. The Labute approximate surface area is 205 Å². The van der Waals surface area contributed by atoms with Crippen LogP contribution in [0, 0.1) is 0 Å². The number of rotatable bonds is 5. The second-order valence-electron chi connectivity index (χ2n) is 8.45. The van der Waals surface area contributed by atoms with Crippen LogP contribution in [-0.4, -0.2) is 6.21 Å². The van der Waals surface area contributed by atoms with Gasteiger partial charge in [0.25, 0.3) is 0 Å². The molecule has 0 unspecified atom stereocenters. The zero-order valence-electron chi connectivity index (χ0n) is 19.3. The van der Waals surface area contributed by atoms with Crippen molar-refractivity contribution in [2.45, 2.75) is 0 Å². The van der Waals surface area contributed by atoms with Gasteiger partial charge >= 0.3 is 0 Å². The van der Waals surface area contributed by atoms with Crippen molar-refractivity contribution in [3.05, 3.63) is 145 Å². The first-order chi connectivity index (χ1) is 17.4. The van der Waals surface area contributed by atoms with Crippen molar-refractivity contribution in [3.63, 3.8) is 0 Å². The predicted molar refractivity (Wildman–Crippen MR) is 150 cm³/mol. The Hall–Kier alpha value is -4.69. The molecule has 0 N–H and O–H groups in total. The lowest BCUT2D eigenvalue weighted by Gasteiger charge is -2.29. The first-order valence-electron chi connectivity index (χ1n) is 11.8. The van der Waals surface area contributed by atoms with E-state index in [9.17, 15) is 0 Å². The molecule has 0 atom stereocenters. The Morgan fingerprint density at radius 2 is 0.829 bits per heavy atom. The Morgan fingerprint density at radius 1 is 0.429 bits per heavy atom. The summed E-state index contributed by atoms with van der Waals surface area (Å²) in [6, 6.07) is 48.6. The van der Waals surface area contributed by atoms with Gasteiger partial charge in [0.2, 0.25) is 0 Å². The van der Waals surface area contributed by atoms with Crippen molar-refractivity contribution in [1.29, 1.82) is 0 Å². The number of aliphatic imine (C=N–C) groups is 1. The lowest BCUT2D eigenvalue weighted by molar-refractivity contribution is 1.31. The quantitative estimate of drug-likeness (QED) is 0.190. The van der Waals surface area contributed by atoms with Gasteiger partial charge in [-0.2, -0.15) is 0 Å². The summed E-state index contributed by atoms with van der Waals surface area (Å²) in [4.78, 5) is 7.19. The van der Waals surface area contributed by atoms with Crippen LogP contribution in [0.15, 0.2) is 145 Å². The van der Waals surface area contributed by atoms with Crippen molar-refractivity contribution in [1.82, 2.24) is 0 Å². The highest BCUT2D eigenvalue weighted by molar-refractivity contribution is 6.22. The Morgan fingerprint density at radius 3 is 1.31 bits per heavy atom. The molecule has 0 saturated heterocycles. The van der Waals surface area contributed by atoms with Gasteiger partial charge in [0.05, 0.1) is 11.4 Å². The fourth-order valence-electron chi connectivity index (χ4n) is 4.73. The normalized spacial score (nSPS) is 11.3. The van der Waals surface area contributed by atoms with E-state index in [0.717, 1.165) is 22.6 Å². The first-order valence-corrected chi connectivity index (χ1v) is 11.8. The molecule has 0 fully saturated rings. The molecule has 0 amide bonds. The van der Waals surface area contributed by atoms with Crippen molar-refractivity contribution in [2.75, 3.05) is 4.90 Å². The van der Waals surface area contributed by atoms with E-state index in [1.807, 2.05) is 36.5 Å². The van der Waals surface area contributed by atoms with Crippen LogP contribution in [0.2, 0.25) is 0 Å². The molecule has 2 heteroatoms. The Kier molecular flexibility index (Phi) is 5.54. The highest BCUT2D eigenvalue weighted by atomic mass is 15.1. The van der Waals surface area contributed by atoms with Crippen LogP contribution < -0.4 is 4.90 Å². The molecule has 0 bridgehead atoms. The number of fused-ring (bicyclic) bond motifs is 2. The lowest BCUT2D eigenvalue weighted by Crippen LogP contribution is -2.11. The smallest absolute Gasteiger partial charge is 0.0629 e. The number of benzene rings is 6. The van der Waals surface area contributed by atoms with Crippen molar-refractivity contribution in [2.24, 2.45) is 4.99 Å². The van der Waals surface area contributed by atoms with Gasteiger partial charge in [-0.15, -0.1) is 0 Å². The molecule has 0 aromatic heterocycles. The summed E-state index contributed by atoms with van der Waals surface area (Å²) in [6.45, 7) is 0. The van der Waals surface area contributed by atoms with Gasteiger partial charge in [-0.05, 0) is 47.2 Å². The maximum Gasteiger partial charge on any atom is 0.0629 e. The minimum absolute atomic E-state index is 0.944. The maximum atomic E-state index is 4.83. The SMILES string of the molecule is C(=Nc1ccccc1)c1c2ccccc2c(N(c2ccccc2)c2ccccc2)c2ccccc12. The van der Waals surface area contributed by atoms with Crippen LogP contribution >= 0.6 is 0 Å². The minimum atomic E-state index is 0.944. The van der Waals surface area contributed by atoms with Crippen LogP contribution in [0.3, 0.4) is 0 Å². The molecule has 6 rings (SSSR count). The molecule has 0 aliphatic carbocycles. The zero-order chi connectivity index (χ0) is 23.5. The molecule has 0 heterocycles. The third-order valence-electron chi connectivity index (χ3n) is 6.30. The molecule has 6 aromatic carbocycles. The van der Waals surface area contributed by atoms with Crippen molar-refractivity contribution in [3.8, 4) is 0 Å². The number of nitrogens with zero attached hydrogens (tertiary/aromatic N) is 2. The summed E-state index contributed by atoms with van der Waals surface area (Å²) >= 11 is 0. The molecule has 2 nitrogen and oxygen atoms in total. The van der Waals surface area contributed by atoms with Gasteiger partial charge < -0.3 is 4.90 Å². The monoisotopic (exact) mass is 448 g/mol. The topological polar surface area (TPSA) is 15.6 Å². The van der Waals surface area contributed by atoms with E-state index >= 15 is 0 Å². The van der Waals surface area contributed by atoms with E-state index in [1.54, 1.807) is 0 Å². The van der Waals surface area contributed by atoms with E-state index in [0.29, 0.717) is 0 Å². The Balaban J connectivity index is 1.69. The first kappa shape index (κ1) is 20.9. The van der Waals surface area contributed by atoms with E-state index in [-0.39, 0.29) is 0 Å². The van der Waals surface area contributed by atoms with E-state index in [1.165, 1.54) is 27.2 Å². The molecule has 166 valence electrons.